The van der Waals surface area contributed by atoms with E-state index in [9.17, 15) is 13.2 Å². The molecule has 1 amide bonds. The van der Waals surface area contributed by atoms with Gasteiger partial charge in [-0.3, -0.25) is 9.52 Å². The second-order valence-corrected chi connectivity index (χ2v) is 11.0. The van der Waals surface area contributed by atoms with Crippen molar-refractivity contribution >= 4 is 27.3 Å². The molecule has 0 radical (unpaired) electrons. The van der Waals surface area contributed by atoms with Crippen molar-refractivity contribution in [1.29, 1.82) is 0 Å². The highest BCUT2D eigenvalue weighted by Gasteiger charge is 2.25. The van der Waals surface area contributed by atoms with Crippen LogP contribution in [-0.4, -0.2) is 50.7 Å². The van der Waals surface area contributed by atoms with Crippen molar-refractivity contribution in [3.05, 3.63) is 59.2 Å². The summed E-state index contributed by atoms with van der Waals surface area (Å²) in [6, 6.07) is 13.5. The number of carbonyl (C=O) groups is 1. The van der Waals surface area contributed by atoms with E-state index in [-0.39, 0.29) is 11.7 Å². The minimum atomic E-state index is -3.49. The van der Waals surface area contributed by atoms with Crippen LogP contribution in [0.1, 0.15) is 60.5 Å². The van der Waals surface area contributed by atoms with Gasteiger partial charge in [0.2, 0.25) is 10.0 Å². The highest BCUT2D eigenvalue weighted by Crippen LogP contribution is 2.29. The lowest BCUT2D eigenvalue weighted by Crippen LogP contribution is -2.38. The lowest BCUT2D eigenvalue weighted by atomic mass is 9.89. The third-order valence-electron chi connectivity index (χ3n) is 6.08. The maximum absolute atomic E-state index is 13.1. The number of sulfonamides is 1. The first kappa shape index (κ1) is 25.1. The smallest absolute Gasteiger partial charge is 0.253 e. The van der Waals surface area contributed by atoms with E-state index in [1.165, 1.54) is 5.56 Å². The monoisotopic (exact) mass is 472 g/mol. The van der Waals surface area contributed by atoms with Crippen molar-refractivity contribution in [1.82, 2.24) is 10.2 Å². The molecule has 0 saturated carbocycles. The molecule has 0 spiro atoms. The predicted molar refractivity (Wildman–Crippen MR) is 135 cm³/mol. The van der Waals surface area contributed by atoms with Gasteiger partial charge in [-0.05, 0) is 74.0 Å². The van der Waals surface area contributed by atoms with Crippen LogP contribution >= 0.6 is 0 Å². The van der Waals surface area contributed by atoms with Gasteiger partial charge in [0.1, 0.15) is 0 Å². The number of likely N-dealkylation sites (tertiary alicyclic amines) is 1. The number of nitrogens with two attached hydrogens (primary N) is 1. The molecule has 1 saturated heterocycles. The molecule has 180 valence electrons. The third kappa shape index (κ3) is 7.20. The van der Waals surface area contributed by atoms with E-state index in [0.29, 0.717) is 49.3 Å². The summed E-state index contributed by atoms with van der Waals surface area (Å²) in [5.74, 6) is 0.385. The number of amides is 1. The van der Waals surface area contributed by atoms with Crippen LogP contribution in [0, 0.1) is 6.92 Å². The number of nitrogen functional groups attached to an aromatic ring is 1. The lowest BCUT2D eigenvalue weighted by Gasteiger charge is -2.32. The molecule has 4 N–H and O–H groups in total. The second kappa shape index (κ2) is 11.0. The van der Waals surface area contributed by atoms with Gasteiger partial charge in [-0.15, -0.1) is 0 Å². The molecule has 8 heteroatoms. The summed E-state index contributed by atoms with van der Waals surface area (Å²) in [6.07, 6.45) is 2.31. The fourth-order valence-electron chi connectivity index (χ4n) is 4.10. The van der Waals surface area contributed by atoms with E-state index >= 15 is 0 Å². The molecule has 0 atom stereocenters. The fraction of sp³-hybridized carbons (Fsp3) is 0.480. The minimum Gasteiger partial charge on any atom is -0.399 e. The van der Waals surface area contributed by atoms with E-state index in [4.69, 9.17) is 5.73 Å². The molecule has 0 aromatic heterocycles. The number of nitrogens with zero attached hydrogens (tertiary/aromatic N) is 1. The van der Waals surface area contributed by atoms with Crippen molar-refractivity contribution in [2.45, 2.75) is 52.0 Å². The predicted octanol–water partition coefficient (Wildman–Crippen LogP) is 3.73. The van der Waals surface area contributed by atoms with Crippen LogP contribution in [0.25, 0.3) is 0 Å². The maximum Gasteiger partial charge on any atom is 0.253 e. The first-order chi connectivity index (χ1) is 15.6. The van der Waals surface area contributed by atoms with Crippen LogP contribution < -0.4 is 15.8 Å². The minimum absolute atomic E-state index is 0.0307. The third-order valence-corrected chi connectivity index (χ3v) is 7.44. The average Bonchev–Trinajstić information content (AvgIpc) is 2.78. The molecule has 1 aliphatic rings. The molecule has 3 rings (SSSR count). The van der Waals surface area contributed by atoms with Crippen LogP contribution in [0.3, 0.4) is 0 Å². The molecule has 1 heterocycles. The number of nitrogens with one attached hydrogen (secondary N) is 2. The van der Waals surface area contributed by atoms with E-state index in [0.717, 1.165) is 24.1 Å². The van der Waals surface area contributed by atoms with Crippen molar-refractivity contribution in [2.75, 3.05) is 35.8 Å². The summed E-state index contributed by atoms with van der Waals surface area (Å²) >= 11 is 0. The molecule has 2 aromatic rings. The van der Waals surface area contributed by atoms with Crippen LogP contribution in [0.5, 0.6) is 0 Å². The molecule has 0 aliphatic carbocycles. The Morgan fingerprint density at radius 2 is 1.79 bits per heavy atom. The Labute approximate surface area is 197 Å². The zero-order valence-corrected chi connectivity index (χ0v) is 20.6. The lowest BCUT2D eigenvalue weighted by molar-refractivity contribution is 0.0713. The molecule has 1 aliphatic heterocycles. The number of piperidine rings is 1. The van der Waals surface area contributed by atoms with Gasteiger partial charge < -0.3 is 16.0 Å². The van der Waals surface area contributed by atoms with Crippen molar-refractivity contribution in [3.63, 3.8) is 0 Å². The van der Waals surface area contributed by atoms with Crippen LogP contribution in [0.15, 0.2) is 42.5 Å². The summed E-state index contributed by atoms with van der Waals surface area (Å²) in [7, 11) is -3.49. The Hall–Kier alpha value is -2.58. The molecule has 0 unspecified atom stereocenters. The Balaban J connectivity index is 1.60. The highest BCUT2D eigenvalue weighted by molar-refractivity contribution is 7.92. The fourth-order valence-corrected chi connectivity index (χ4v) is 5.28. The van der Waals surface area contributed by atoms with E-state index < -0.39 is 10.0 Å². The van der Waals surface area contributed by atoms with E-state index in [2.05, 4.69) is 22.2 Å². The van der Waals surface area contributed by atoms with E-state index in [1.807, 2.05) is 37.8 Å². The molecule has 7 nitrogen and oxygen atoms in total. The quantitative estimate of drug-likeness (QED) is 0.381. The van der Waals surface area contributed by atoms with Crippen LogP contribution in [0.2, 0.25) is 0 Å². The molecule has 2 aromatic carbocycles. The summed E-state index contributed by atoms with van der Waals surface area (Å²) in [6.45, 7) is 7.88. The number of anilines is 2. The molecule has 0 bridgehead atoms. The van der Waals surface area contributed by atoms with Gasteiger partial charge in [0.15, 0.2) is 0 Å². The van der Waals surface area contributed by atoms with Gasteiger partial charge >= 0.3 is 0 Å². The molecular weight excluding hydrogens is 436 g/mol. The summed E-state index contributed by atoms with van der Waals surface area (Å²) in [5.41, 5.74) is 9.56. The average molecular weight is 473 g/mol. The zero-order valence-electron chi connectivity index (χ0n) is 19.8. The number of carbonyl (C=O) groups excluding carboxylic acids is 1. The number of hydrogen-bond acceptors (Lipinski definition) is 5. The topological polar surface area (TPSA) is 105 Å². The number of aryl methyl sites for hydroxylation is 1. The summed E-state index contributed by atoms with van der Waals surface area (Å²) < 4.78 is 27.7. The highest BCUT2D eigenvalue weighted by atomic mass is 32.2. The standard InChI is InChI=1S/C25H36N4O3S/c1-18(2)27-13-4-16-33(31,32)28-24-17-22(6-5-19(24)3)25(30)29-14-11-21(12-15-29)20-7-9-23(26)10-8-20/h5-10,17-18,21,27-28H,4,11-16,26H2,1-3H3. The Bertz CT molecular complexity index is 1040. The number of benzene rings is 2. The second-order valence-electron chi connectivity index (χ2n) is 9.15. The van der Waals surface area contributed by atoms with Gasteiger partial charge in [0.25, 0.3) is 5.91 Å². The normalized spacial score (nSPS) is 15.1. The summed E-state index contributed by atoms with van der Waals surface area (Å²) in [5, 5.41) is 3.22. The summed E-state index contributed by atoms with van der Waals surface area (Å²) in [4.78, 5) is 15.0. The van der Waals surface area contributed by atoms with Crippen molar-refractivity contribution < 1.29 is 13.2 Å². The van der Waals surface area contributed by atoms with E-state index in [1.54, 1.807) is 18.2 Å². The van der Waals surface area contributed by atoms with Crippen molar-refractivity contribution in [3.8, 4) is 0 Å². The van der Waals surface area contributed by atoms with Gasteiger partial charge in [0.05, 0.1) is 11.4 Å². The van der Waals surface area contributed by atoms with Gasteiger partial charge in [-0.2, -0.15) is 0 Å². The first-order valence-corrected chi connectivity index (χ1v) is 13.3. The maximum atomic E-state index is 13.1. The zero-order chi connectivity index (χ0) is 24.0. The SMILES string of the molecule is Cc1ccc(C(=O)N2CCC(c3ccc(N)cc3)CC2)cc1NS(=O)(=O)CCCNC(C)C. The Morgan fingerprint density at radius 1 is 1.12 bits per heavy atom. The van der Waals surface area contributed by atoms with Crippen LogP contribution in [0.4, 0.5) is 11.4 Å². The molecule has 1 fully saturated rings. The number of hydrogen-bond donors (Lipinski definition) is 3. The molecule has 33 heavy (non-hydrogen) atoms. The van der Waals surface area contributed by atoms with Gasteiger partial charge in [-0.25, -0.2) is 8.42 Å². The van der Waals surface area contributed by atoms with Crippen LogP contribution in [-0.2, 0) is 10.0 Å². The van der Waals surface area contributed by atoms with Gasteiger partial charge in [0, 0.05) is 30.4 Å². The Morgan fingerprint density at radius 3 is 2.42 bits per heavy atom. The Kier molecular flexibility index (Phi) is 8.37. The van der Waals surface area contributed by atoms with Crippen molar-refractivity contribution in [2.24, 2.45) is 0 Å². The number of rotatable bonds is 9. The molecular formula is C25H36N4O3S. The first-order valence-electron chi connectivity index (χ1n) is 11.6. The largest absolute Gasteiger partial charge is 0.399 e. The van der Waals surface area contributed by atoms with Gasteiger partial charge in [-0.1, -0.05) is 32.0 Å².